The minimum absolute atomic E-state index is 0.0360. The highest BCUT2D eigenvalue weighted by atomic mass is 79.9. The Labute approximate surface area is 112 Å². The molecule has 0 radical (unpaired) electrons. The van der Waals surface area contributed by atoms with Crippen molar-refractivity contribution >= 4 is 27.5 Å². The molecular weight excluding hydrogens is 313 g/mol. The van der Waals surface area contributed by atoms with Crippen molar-refractivity contribution in [2.75, 3.05) is 6.61 Å². The van der Waals surface area contributed by atoms with Gasteiger partial charge in [0.2, 0.25) is 0 Å². The Morgan fingerprint density at radius 3 is 2.65 bits per heavy atom. The van der Waals surface area contributed by atoms with E-state index in [1.165, 1.54) is 0 Å². The van der Waals surface area contributed by atoms with Crippen molar-refractivity contribution in [3.8, 4) is 0 Å². The molecule has 2 atom stereocenters. The summed E-state index contributed by atoms with van der Waals surface area (Å²) in [6, 6.07) is 2.14. The molecule has 0 saturated carbocycles. The summed E-state index contributed by atoms with van der Waals surface area (Å²) < 4.78 is 31.7. The second kappa shape index (κ2) is 5.63. The molecule has 2 unspecified atom stereocenters. The molecule has 0 bridgehead atoms. The highest BCUT2D eigenvalue weighted by molar-refractivity contribution is 9.09. The molecule has 1 aromatic rings. The molecule has 0 spiro atoms. The topological polar surface area (TPSA) is 9.23 Å². The fourth-order valence-electron chi connectivity index (χ4n) is 1.95. The number of rotatable bonds is 2. The van der Waals surface area contributed by atoms with E-state index in [-0.39, 0.29) is 16.0 Å². The van der Waals surface area contributed by atoms with Crippen LogP contribution in [0.5, 0.6) is 0 Å². The smallest absolute Gasteiger partial charge is 0.160 e. The van der Waals surface area contributed by atoms with Gasteiger partial charge in [-0.05, 0) is 37.0 Å². The van der Waals surface area contributed by atoms with Gasteiger partial charge < -0.3 is 4.74 Å². The highest BCUT2D eigenvalue weighted by Gasteiger charge is 2.26. The van der Waals surface area contributed by atoms with E-state index in [1.807, 2.05) is 0 Å². The molecule has 5 heteroatoms. The summed E-state index contributed by atoms with van der Waals surface area (Å²) in [7, 11) is 0. The fourth-order valence-corrected chi connectivity index (χ4v) is 3.14. The first-order valence-electron chi connectivity index (χ1n) is 5.49. The molecule has 1 heterocycles. The van der Waals surface area contributed by atoms with Gasteiger partial charge in [-0.2, -0.15) is 0 Å². The lowest BCUT2D eigenvalue weighted by Crippen LogP contribution is -2.23. The molecule has 1 nitrogen and oxygen atoms in total. The first-order valence-corrected chi connectivity index (χ1v) is 6.79. The van der Waals surface area contributed by atoms with Crippen molar-refractivity contribution in [2.24, 2.45) is 0 Å². The quantitative estimate of drug-likeness (QED) is 0.569. The standard InChI is InChI=1S/C12H12BrClF2O/c13-12(11-3-1-2-4-17-11)7-5-9(15)10(16)6-8(7)14/h5-6,11-12H,1-4H2. The summed E-state index contributed by atoms with van der Waals surface area (Å²) in [5.74, 6) is -1.81. The Hall–Kier alpha value is -0.190. The third-order valence-corrected chi connectivity index (χ3v) is 4.29. The molecule has 1 aliphatic rings. The monoisotopic (exact) mass is 324 g/mol. The number of ether oxygens (including phenoxy) is 1. The van der Waals surface area contributed by atoms with Crippen LogP contribution in [0.1, 0.15) is 29.7 Å². The molecule has 2 rings (SSSR count). The van der Waals surface area contributed by atoms with E-state index < -0.39 is 11.6 Å². The molecular formula is C12H12BrClF2O. The Kier molecular flexibility index (Phi) is 4.39. The van der Waals surface area contributed by atoms with Crippen molar-refractivity contribution in [3.63, 3.8) is 0 Å². The average molecular weight is 326 g/mol. The van der Waals surface area contributed by atoms with E-state index in [4.69, 9.17) is 16.3 Å². The number of hydrogen-bond acceptors (Lipinski definition) is 1. The lowest BCUT2D eigenvalue weighted by Gasteiger charge is -2.27. The van der Waals surface area contributed by atoms with E-state index in [0.29, 0.717) is 12.2 Å². The van der Waals surface area contributed by atoms with Crippen molar-refractivity contribution in [1.29, 1.82) is 0 Å². The van der Waals surface area contributed by atoms with Gasteiger partial charge in [0.15, 0.2) is 11.6 Å². The lowest BCUT2D eigenvalue weighted by atomic mass is 10.0. The van der Waals surface area contributed by atoms with Gasteiger partial charge in [-0.25, -0.2) is 8.78 Å². The van der Waals surface area contributed by atoms with Crippen molar-refractivity contribution in [3.05, 3.63) is 34.4 Å². The summed E-state index contributed by atoms with van der Waals surface area (Å²) in [5, 5.41) is 0.222. The van der Waals surface area contributed by atoms with E-state index in [0.717, 1.165) is 31.4 Å². The number of hydrogen-bond donors (Lipinski definition) is 0. The first-order chi connectivity index (χ1) is 8.09. The van der Waals surface area contributed by atoms with E-state index in [1.54, 1.807) is 0 Å². The predicted octanol–water partition coefficient (Wildman–Crippen LogP) is 4.62. The van der Waals surface area contributed by atoms with Crippen LogP contribution in [-0.2, 0) is 4.74 Å². The summed E-state index contributed by atoms with van der Waals surface area (Å²) >= 11 is 9.38. The van der Waals surface area contributed by atoms with Crippen LogP contribution >= 0.6 is 27.5 Å². The third kappa shape index (κ3) is 2.98. The van der Waals surface area contributed by atoms with Crippen LogP contribution in [-0.4, -0.2) is 12.7 Å². The number of benzene rings is 1. The van der Waals surface area contributed by atoms with E-state index >= 15 is 0 Å². The van der Waals surface area contributed by atoms with Gasteiger partial charge in [0, 0.05) is 11.6 Å². The van der Waals surface area contributed by atoms with Crippen molar-refractivity contribution < 1.29 is 13.5 Å². The summed E-state index contributed by atoms with van der Waals surface area (Å²) in [5.41, 5.74) is 0.539. The normalized spacial score (nSPS) is 22.5. The van der Waals surface area contributed by atoms with Gasteiger partial charge in [0.05, 0.1) is 10.9 Å². The zero-order valence-corrected chi connectivity index (χ0v) is 11.4. The van der Waals surface area contributed by atoms with Crippen LogP contribution in [0.4, 0.5) is 8.78 Å². The first kappa shape index (κ1) is 13.2. The van der Waals surface area contributed by atoms with Gasteiger partial charge >= 0.3 is 0 Å². The maximum absolute atomic E-state index is 13.2. The Morgan fingerprint density at radius 1 is 1.29 bits per heavy atom. The van der Waals surface area contributed by atoms with Gasteiger partial charge in [0.25, 0.3) is 0 Å². The molecule has 94 valence electrons. The van der Waals surface area contributed by atoms with Crippen molar-refractivity contribution in [1.82, 2.24) is 0 Å². The number of halogens is 4. The zero-order valence-electron chi connectivity index (χ0n) is 9.06. The molecule has 0 amide bonds. The predicted molar refractivity (Wildman–Crippen MR) is 66.6 cm³/mol. The van der Waals surface area contributed by atoms with Gasteiger partial charge in [0.1, 0.15) is 0 Å². The third-order valence-electron chi connectivity index (χ3n) is 2.88. The lowest BCUT2D eigenvalue weighted by molar-refractivity contribution is 0.0160. The Balaban J connectivity index is 2.23. The van der Waals surface area contributed by atoms with Crippen LogP contribution < -0.4 is 0 Å². The van der Waals surface area contributed by atoms with E-state index in [9.17, 15) is 8.78 Å². The van der Waals surface area contributed by atoms with Gasteiger partial charge in [-0.1, -0.05) is 27.5 Å². The maximum Gasteiger partial charge on any atom is 0.160 e. The Morgan fingerprint density at radius 2 is 2.00 bits per heavy atom. The molecule has 0 N–H and O–H groups in total. The van der Waals surface area contributed by atoms with Crippen LogP contribution in [0.25, 0.3) is 0 Å². The second-order valence-corrected chi connectivity index (χ2v) is 5.49. The molecule has 1 aromatic carbocycles. The average Bonchev–Trinajstić information content (AvgIpc) is 2.34. The van der Waals surface area contributed by atoms with Crippen LogP contribution in [0.2, 0.25) is 5.02 Å². The SMILES string of the molecule is Fc1cc(Cl)c(C(Br)C2CCCCO2)cc1F. The minimum Gasteiger partial charge on any atom is -0.377 e. The molecule has 0 aromatic heterocycles. The van der Waals surface area contributed by atoms with Crippen LogP contribution in [0, 0.1) is 11.6 Å². The summed E-state index contributed by atoms with van der Waals surface area (Å²) in [4.78, 5) is -0.203. The molecule has 0 aliphatic carbocycles. The number of alkyl halides is 1. The summed E-state index contributed by atoms with van der Waals surface area (Å²) in [6.07, 6.45) is 2.98. The van der Waals surface area contributed by atoms with Gasteiger partial charge in [-0.15, -0.1) is 0 Å². The minimum atomic E-state index is -0.928. The van der Waals surface area contributed by atoms with Crippen LogP contribution in [0.3, 0.4) is 0 Å². The molecule has 1 aliphatic heterocycles. The summed E-state index contributed by atoms with van der Waals surface area (Å²) in [6.45, 7) is 0.702. The van der Waals surface area contributed by atoms with Gasteiger partial charge in [-0.3, -0.25) is 0 Å². The van der Waals surface area contributed by atoms with Crippen molar-refractivity contribution in [2.45, 2.75) is 30.2 Å². The van der Waals surface area contributed by atoms with Crippen LogP contribution in [0.15, 0.2) is 12.1 Å². The Bertz CT molecular complexity index is 408. The largest absolute Gasteiger partial charge is 0.377 e. The molecule has 17 heavy (non-hydrogen) atoms. The fraction of sp³-hybridized carbons (Fsp3) is 0.500. The zero-order chi connectivity index (χ0) is 12.4. The molecule has 1 saturated heterocycles. The maximum atomic E-state index is 13.2. The molecule has 1 fully saturated rings. The van der Waals surface area contributed by atoms with E-state index in [2.05, 4.69) is 15.9 Å². The highest BCUT2D eigenvalue weighted by Crippen LogP contribution is 2.37. The second-order valence-electron chi connectivity index (χ2n) is 4.09.